The van der Waals surface area contributed by atoms with Crippen LogP contribution in [0.1, 0.15) is 38.3 Å². The van der Waals surface area contributed by atoms with Gasteiger partial charge in [-0.05, 0) is 37.5 Å². The Morgan fingerprint density at radius 1 is 1.26 bits per heavy atom. The first-order valence-corrected chi connectivity index (χ1v) is 11.5. The highest BCUT2D eigenvalue weighted by molar-refractivity contribution is 5.82. The van der Waals surface area contributed by atoms with E-state index in [-0.39, 0.29) is 41.8 Å². The number of aromatic nitrogens is 2. The molecule has 2 aromatic heterocycles. The molecule has 2 aliphatic rings. The van der Waals surface area contributed by atoms with E-state index in [1.165, 1.54) is 25.4 Å². The van der Waals surface area contributed by atoms with Crippen molar-refractivity contribution in [3.8, 4) is 11.9 Å². The summed E-state index contributed by atoms with van der Waals surface area (Å²) in [4.78, 5) is 25.6. The number of halogens is 2. The van der Waals surface area contributed by atoms with Crippen molar-refractivity contribution in [2.75, 3.05) is 25.1 Å². The average Bonchev–Trinajstić information content (AvgIpc) is 3.65. The Hall–Kier alpha value is -3.28. The Bertz CT molecular complexity index is 1090. The third kappa shape index (κ3) is 4.41. The van der Waals surface area contributed by atoms with Crippen LogP contribution < -0.4 is 9.64 Å². The second-order valence-corrected chi connectivity index (χ2v) is 9.49. The molecule has 1 aliphatic heterocycles. The molecule has 1 saturated carbocycles. The van der Waals surface area contributed by atoms with E-state index in [0.29, 0.717) is 18.7 Å². The van der Waals surface area contributed by atoms with Crippen LogP contribution in [0.3, 0.4) is 0 Å². The van der Waals surface area contributed by atoms with Crippen molar-refractivity contribution in [3.63, 3.8) is 0 Å². The zero-order chi connectivity index (χ0) is 24.6. The molecule has 4 unspecified atom stereocenters. The summed E-state index contributed by atoms with van der Waals surface area (Å²) in [5, 5.41) is 9.05. The van der Waals surface area contributed by atoms with E-state index in [2.05, 4.69) is 34.8 Å². The van der Waals surface area contributed by atoms with Gasteiger partial charge in [-0.3, -0.25) is 4.79 Å². The third-order valence-corrected chi connectivity index (χ3v) is 6.85. The lowest BCUT2D eigenvalue weighted by molar-refractivity contribution is -0.136. The molecule has 0 bridgehead atoms. The van der Waals surface area contributed by atoms with Crippen LogP contribution in [0.4, 0.5) is 14.6 Å². The van der Waals surface area contributed by atoms with Crippen LogP contribution in [0.15, 0.2) is 36.7 Å². The van der Waals surface area contributed by atoms with Crippen LogP contribution in [0.2, 0.25) is 0 Å². The van der Waals surface area contributed by atoms with E-state index < -0.39 is 17.8 Å². The van der Waals surface area contributed by atoms with E-state index in [0.717, 1.165) is 5.82 Å². The van der Waals surface area contributed by atoms with Gasteiger partial charge in [0.05, 0.1) is 18.7 Å². The molecule has 0 radical (unpaired) electrons. The maximum Gasteiger partial charge on any atom is 0.277 e. The maximum absolute atomic E-state index is 15.2. The van der Waals surface area contributed by atoms with Crippen LogP contribution in [0.25, 0.3) is 0 Å². The third-order valence-electron chi connectivity index (χ3n) is 6.85. The summed E-state index contributed by atoms with van der Waals surface area (Å²) in [5.41, 5.74) is 0.309. The predicted octanol–water partition coefficient (Wildman–Crippen LogP) is 3.85. The van der Waals surface area contributed by atoms with E-state index in [1.807, 2.05) is 13.0 Å². The van der Waals surface area contributed by atoms with Crippen molar-refractivity contribution in [1.82, 2.24) is 14.9 Å². The molecule has 0 aromatic carbocycles. The van der Waals surface area contributed by atoms with Crippen LogP contribution in [0.5, 0.6) is 5.88 Å². The number of hydrogen-bond donors (Lipinski definition) is 0. The van der Waals surface area contributed by atoms with E-state index in [4.69, 9.17) is 10.00 Å². The fourth-order valence-corrected chi connectivity index (χ4v) is 4.88. The number of rotatable bonds is 6. The van der Waals surface area contributed by atoms with Crippen molar-refractivity contribution in [3.05, 3.63) is 47.8 Å². The molecule has 0 spiro atoms. The number of anilines is 1. The van der Waals surface area contributed by atoms with E-state index in [1.54, 1.807) is 17.2 Å². The van der Waals surface area contributed by atoms with Crippen molar-refractivity contribution in [2.24, 2.45) is 17.8 Å². The highest BCUT2D eigenvalue weighted by Crippen LogP contribution is 2.55. The summed E-state index contributed by atoms with van der Waals surface area (Å²) in [5.74, 6) is -3.99. The van der Waals surface area contributed by atoms with Crippen LogP contribution in [-0.4, -0.2) is 53.1 Å². The van der Waals surface area contributed by atoms with Gasteiger partial charge in [-0.15, -0.1) is 0 Å². The van der Waals surface area contributed by atoms with Gasteiger partial charge in [0.25, 0.3) is 5.92 Å². The summed E-state index contributed by atoms with van der Waals surface area (Å²) >= 11 is 0. The molecule has 4 atom stereocenters. The second-order valence-electron chi connectivity index (χ2n) is 9.49. The molecule has 9 heteroatoms. The first-order valence-electron chi connectivity index (χ1n) is 11.5. The SMILES string of the molecule is COc1cc(C(F)(F)C2CC2C(=O)N2CC(C)N(c3ccc(C#N)cn3)C(C(C)C)C2)ccn1. The Labute approximate surface area is 198 Å². The fraction of sp³-hybridized carbons (Fsp3) is 0.520. The number of carbonyl (C=O) groups is 1. The first kappa shape index (κ1) is 23.9. The van der Waals surface area contributed by atoms with Crippen molar-refractivity contribution in [1.29, 1.82) is 5.26 Å². The van der Waals surface area contributed by atoms with Gasteiger partial charge < -0.3 is 14.5 Å². The number of hydrogen-bond acceptors (Lipinski definition) is 6. The molecule has 2 aromatic rings. The van der Waals surface area contributed by atoms with Crippen molar-refractivity contribution in [2.45, 2.75) is 45.2 Å². The van der Waals surface area contributed by atoms with Crippen molar-refractivity contribution < 1.29 is 18.3 Å². The Balaban J connectivity index is 1.49. The molecule has 34 heavy (non-hydrogen) atoms. The summed E-state index contributed by atoms with van der Waals surface area (Å²) in [6.45, 7) is 7.04. The second kappa shape index (κ2) is 9.16. The normalized spacial score (nSPS) is 24.6. The van der Waals surface area contributed by atoms with Gasteiger partial charge in [-0.25, -0.2) is 18.7 Å². The van der Waals surface area contributed by atoms with E-state index in [9.17, 15) is 4.79 Å². The minimum absolute atomic E-state index is 0.0182. The Kier molecular flexibility index (Phi) is 6.43. The molecule has 7 nitrogen and oxygen atoms in total. The lowest BCUT2D eigenvalue weighted by atomic mass is 9.95. The maximum atomic E-state index is 15.2. The molecule has 1 amide bonds. The standard InChI is InChI=1S/C25H29F2N5O2/c1-15(2)21-14-31(13-16(3)32(21)22-6-5-17(11-28)12-30-22)24(33)19-10-20(19)25(26,27)18-7-8-29-23(9-18)34-4/h5-9,12,15-16,19-21H,10,13-14H2,1-4H3. The van der Waals surface area contributed by atoms with Gasteiger partial charge in [0.1, 0.15) is 11.9 Å². The number of piperazine rings is 1. The molecule has 1 aliphatic carbocycles. The minimum Gasteiger partial charge on any atom is -0.481 e. The molecular weight excluding hydrogens is 440 g/mol. The van der Waals surface area contributed by atoms with Gasteiger partial charge >= 0.3 is 0 Å². The van der Waals surface area contributed by atoms with Gasteiger partial charge in [0.15, 0.2) is 0 Å². The van der Waals surface area contributed by atoms with Crippen molar-refractivity contribution >= 4 is 11.7 Å². The number of ether oxygens (including phenoxy) is 1. The van der Waals surface area contributed by atoms with Crippen LogP contribution in [-0.2, 0) is 10.7 Å². The largest absolute Gasteiger partial charge is 0.481 e. The lowest BCUT2D eigenvalue weighted by Gasteiger charge is -2.48. The van der Waals surface area contributed by atoms with Gasteiger partial charge in [-0.2, -0.15) is 5.26 Å². The molecule has 1 saturated heterocycles. The predicted molar refractivity (Wildman–Crippen MR) is 122 cm³/mol. The Morgan fingerprint density at radius 2 is 2.03 bits per heavy atom. The summed E-state index contributed by atoms with van der Waals surface area (Å²) in [6, 6.07) is 8.08. The molecule has 0 N–H and O–H groups in total. The smallest absolute Gasteiger partial charge is 0.277 e. The average molecular weight is 470 g/mol. The van der Waals surface area contributed by atoms with Gasteiger partial charge in [0.2, 0.25) is 11.8 Å². The number of nitriles is 1. The zero-order valence-corrected chi connectivity index (χ0v) is 19.8. The topological polar surface area (TPSA) is 82.4 Å². The Morgan fingerprint density at radius 3 is 2.65 bits per heavy atom. The van der Waals surface area contributed by atoms with Gasteiger partial charge in [0, 0.05) is 55.0 Å². The highest BCUT2D eigenvalue weighted by atomic mass is 19.3. The molecular formula is C25H29F2N5O2. The molecule has 180 valence electrons. The molecule has 3 heterocycles. The minimum atomic E-state index is -3.13. The number of methoxy groups -OCH3 is 1. The van der Waals surface area contributed by atoms with Gasteiger partial charge in [-0.1, -0.05) is 13.8 Å². The molecule has 4 rings (SSSR count). The summed E-state index contributed by atoms with van der Waals surface area (Å²) in [6.07, 6.45) is 3.00. The highest BCUT2D eigenvalue weighted by Gasteiger charge is 2.60. The van der Waals surface area contributed by atoms with Crippen LogP contribution in [0, 0.1) is 29.1 Å². The lowest BCUT2D eigenvalue weighted by Crippen LogP contribution is -2.61. The summed E-state index contributed by atoms with van der Waals surface area (Å²) in [7, 11) is 1.38. The number of nitrogens with zero attached hydrogens (tertiary/aromatic N) is 5. The molecule has 2 fully saturated rings. The fourth-order valence-electron chi connectivity index (χ4n) is 4.88. The first-order chi connectivity index (χ1) is 16.2. The number of alkyl halides is 2. The number of amides is 1. The zero-order valence-electron chi connectivity index (χ0n) is 19.8. The van der Waals surface area contributed by atoms with E-state index >= 15 is 8.78 Å². The monoisotopic (exact) mass is 469 g/mol. The quantitative estimate of drug-likeness (QED) is 0.639. The number of carbonyl (C=O) groups excluding carboxylic acids is 1. The van der Waals surface area contributed by atoms with Crippen LogP contribution >= 0.6 is 0 Å². The summed E-state index contributed by atoms with van der Waals surface area (Å²) < 4.78 is 35.3. The number of pyridine rings is 2.